The van der Waals surface area contributed by atoms with Crippen LogP contribution >= 0.6 is 0 Å². The van der Waals surface area contributed by atoms with Gasteiger partial charge in [-0.25, -0.2) is 13.6 Å². The van der Waals surface area contributed by atoms with Crippen molar-refractivity contribution in [2.75, 3.05) is 0 Å². The number of nitrogens with one attached hydrogen (secondary N) is 8. The number of nitro groups is 1. The van der Waals surface area contributed by atoms with E-state index < -0.39 is 10.7 Å². The minimum atomic E-state index is -0.677. The molecule has 0 aromatic heterocycles. The second-order valence-corrected chi connectivity index (χ2v) is 38.2. The van der Waals surface area contributed by atoms with Gasteiger partial charge in [-0.2, -0.15) is 15.8 Å². The number of carbonyl (C=O) groups excluding carboxylic acids is 9. The largest absolute Gasteiger partial charge is 0.508 e. The third kappa shape index (κ3) is 45.6. The van der Waals surface area contributed by atoms with Crippen molar-refractivity contribution in [2.24, 2.45) is 0 Å². The topological polar surface area (TPSA) is 394 Å². The number of nitrogens with zero attached hydrogens (tertiary/aromatic N) is 4. The van der Waals surface area contributed by atoms with Crippen LogP contribution in [0.1, 0.15) is 297 Å². The first-order chi connectivity index (χ1) is 58.7. The Labute approximate surface area is 753 Å². The second kappa shape index (κ2) is 48.5. The highest BCUT2D eigenvalue weighted by atomic mass is 19.1. The first-order valence-electron chi connectivity index (χ1n) is 41.0. The average Bonchev–Trinajstić information content (AvgIpc) is 1.76. The minimum Gasteiger partial charge on any atom is -0.508 e. The summed E-state index contributed by atoms with van der Waals surface area (Å²) >= 11 is 0. The number of nitriles is 3. The lowest BCUT2D eigenvalue weighted by molar-refractivity contribution is -0.384. The summed E-state index contributed by atoms with van der Waals surface area (Å²) < 4.78 is 30.7. The molecule has 8 aromatic rings. The van der Waals surface area contributed by atoms with Crippen LogP contribution in [-0.4, -0.2) is 108 Å². The molecule has 0 saturated carbocycles. The zero-order valence-corrected chi connectivity index (χ0v) is 79.0. The van der Waals surface area contributed by atoms with E-state index in [0.717, 1.165) is 33.9 Å². The molecule has 1 aliphatic rings. The Morgan fingerprint density at radius 1 is 0.398 bits per heavy atom. The predicted molar refractivity (Wildman–Crippen MR) is 499 cm³/mol. The maximum absolute atomic E-state index is 13.2. The van der Waals surface area contributed by atoms with Crippen molar-refractivity contribution in [3.05, 3.63) is 292 Å². The predicted octanol–water partition coefficient (Wildman–Crippen LogP) is 19.1. The van der Waals surface area contributed by atoms with Crippen LogP contribution in [0.5, 0.6) is 5.75 Å². The number of amides is 8. The van der Waals surface area contributed by atoms with Crippen LogP contribution < -0.4 is 42.5 Å². The highest BCUT2D eigenvalue weighted by Gasteiger charge is 2.26. The van der Waals surface area contributed by atoms with E-state index in [1.54, 1.807) is 104 Å². The number of esters is 1. The Bertz CT molecular complexity index is 5200. The van der Waals surface area contributed by atoms with Crippen LogP contribution in [0.15, 0.2) is 187 Å². The quantitative estimate of drug-likeness (QED) is 0.0251. The van der Waals surface area contributed by atoms with Crippen molar-refractivity contribution in [1.82, 2.24) is 42.5 Å². The highest BCUT2D eigenvalue weighted by Crippen LogP contribution is 2.23. The number of rotatable bonds is 11. The first kappa shape index (κ1) is 110. The lowest BCUT2D eigenvalue weighted by Gasteiger charge is -2.20. The van der Waals surface area contributed by atoms with Gasteiger partial charge in [0.1, 0.15) is 30.1 Å². The molecule has 128 heavy (non-hydrogen) atoms. The van der Waals surface area contributed by atoms with E-state index in [1.807, 2.05) is 223 Å². The molecule has 0 saturated heterocycles. The van der Waals surface area contributed by atoms with Crippen molar-refractivity contribution in [3.8, 4) is 24.0 Å². The van der Waals surface area contributed by atoms with E-state index in [9.17, 15) is 62.0 Å². The molecule has 0 unspecified atom stereocenters. The van der Waals surface area contributed by atoms with Crippen LogP contribution in [0.25, 0.3) is 12.2 Å². The van der Waals surface area contributed by atoms with Crippen molar-refractivity contribution in [2.45, 2.75) is 245 Å². The number of phenols is 1. The molecule has 25 nitrogen and oxygen atoms in total. The van der Waals surface area contributed by atoms with E-state index in [-0.39, 0.29) is 133 Å². The number of hydrogen-bond donors (Lipinski definition) is 9. The van der Waals surface area contributed by atoms with Crippen LogP contribution in [0.4, 0.5) is 14.5 Å². The highest BCUT2D eigenvalue weighted by molar-refractivity contribution is 6.01. The zero-order valence-electron chi connectivity index (χ0n) is 79.0. The molecule has 0 bridgehead atoms. The third-order valence-electron chi connectivity index (χ3n) is 16.0. The number of halogens is 2. The van der Waals surface area contributed by atoms with E-state index >= 15 is 0 Å². The van der Waals surface area contributed by atoms with Crippen molar-refractivity contribution in [1.29, 1.82) is 15.8 Å². The SMILES string of the molecule is C/C(=C\c1ccc(C)cc1)C(=O)NC(C)(C)C.C/C(=C\c1ccc(O)cc1)C(=O)NC(C)(C)C.CC(C)(C)NC(=O)c1ccc(C#N)c(F)c1.CC(C)(C)NC(=O)c1ccc(C#N)cc1.CC(C)(C)NC(=O)c1ccc(F)cc1.CC(C)(C)NC(=O)c1ccc([N+](=O)[O-])cc1.CC(C)(C)NC(=O)c1ccc2c(c1)COC2=O.Cc1cc(C(=O)NC(C)(C)C)ccc1C#N. The summed E-state index contributed by atoms with van der Waals surface area (Å²) in [6.45, 7) is 53.6. The number of hydrogen-bond acceptors (Lipinski definition) is 16. The molecular weight excluding hydrogens is 1630 g/mol. The fraction of sp³-hybridized carbons (Fsp3) is 0.366. The van der Waals surface area contributed by atoms with Crippen LogP contribution in [0, 0.1) is 69.6 Å². The van der Waals surface area contributed by atoms with Gasteiger partial charge in [-0.05, 0) is 350 Å². The Morgan fingerprint density at radius 3 is 1.03 bits per heavy atom. The van der Waals surface area contributed by atoms with Gasteiger partial charge in [-0.1, -0.05) is 42.0 Å². The number of cyclic esters (lactones) is 1. The zero-order chi connectivity index (χ0) is 98.0. The maximum atomic E-state index is 13.2. The first-order valence-corrected chi connectivity index (χ1v) is 41.0. The summed E-state index contributed by atoms with van der Waals surface area (Å²) in [5.74, 6) is -2.34. The van der Waals surface area contributed by atoms with Crippen molar-refractivity contribution >= 4 is 71.1 Å². The Balaban J connectivity index is 0.000000496. The molecule has 27 heteroatoms. The molecule has 8 aromatic carbocycles. The Kier molecular flexibility index (Phi) is 41.7. The Morgan fingerprint density at radius 2 is 0.703 bits per heavy atom. The number of aryl methyl sites for hydroxylation is 2. The second-order valence-electron chi connectivity index (χ2n) is 38.2. The normalized spacial score (nSPS) is 11.7. The molecule has 1 aliphatic heterocycles. The van der Waals surface area contributed by atoms with Gasteiger partial charge >= 0.3 is 5.97 Å². The molecule has 9 rings (SSSR count). The van der Waals surface area contributed by atoms with Crippen LogP contribution in [0.3, 0.4) is 0 Å². The van der Waals surface area contributed by atoms with Gasteiger partial charge in [0.15, 0.2) is 0 Å². The molecule has 0 spiro atoms. The van der Waals surface area contributed by atoms with E-state index in [4.69, 9.17) is 25.6 Å². The summed E-state index contributed by atoms with van der Waals surface area (Å²) in [5, 5.41) is 68.2. The van der Waals surface area contributed by atoms with Crippen molar-refractivity contribution in [3.63, 3.8) is 0 Å². The molecule has 0 aliphatic carbocycles. The van der Waals surface area contributed by atoms with Crippen molar-refractivity contribution < 1.29 is 66.7 Å². The van der Waals surface area contributed by atoms with Gasteiger partial charge in [0, 0.05) is 107 Å². The summed E-state index contributed by atoms with van der Waals surface area (Å²) in [7, 11) is 0. The maximum Gasteiger partial charge on any atom is 0.338 e. The molecule has 8 amide bonds. The molecule has 0 fully saturated rings. The molecule has 9 N–H and O–H groups in total. The summed E-state index contributed by atoms with van der Waals surface area (Å²) in [4.78, 5) is 115. The fourth-order valence-electron chi connectivity index (χ4n) is 10.2. The Hall–Kier alpha value is -14.0. The molecule has 682 valence electrons. The third-order valence-corrected chi connectivity index (χ3v) is 16.0. The molecular formula is C101H126F2N12O13. The van der Waals surface area contributed by atoms with E-state index in [1.165, 1.54) is 66.2 Å². The average molecular weight is 1750 g/mol. The van der Waals surface area contributed by atoms with E-state index in [0.29, 0.717) is 50.1 Å². The number of carbonyl (C=O) groups is 9. The minimum absolute atomic E-state index is 0.0157. The monoisotopic (exact) mass is 1750 g/mol. The number of phenolic OH excluding ortho intramolecular Hbond substituents is 1. The fourth-order valence-corrected chi connectivity index (χ4v) is 10.2. The number of nitro benzene ring substituents is 1. The summed E-state index contributed by atoms with van der Waals surface area (Å²) in [5.41, 5.74) is 8.42. The standard InChI is InChI=1S/C15H21NO.C14H19NO2.C13H16N2O.C13H15NO3.C12H13FN2O.C12H14N2O.C11H14FNO.C11H14N2O3/c1-11-6-8-13(9-7-11)10-12(2)14(17)16-15(3,4)5;1-10(13(17)15-14(2,3)4)9-11-5-7-12(16)8-6-11;1-9-7-10(5-6-11(9)8-14)12(16)15-13(2,3)4;1-13(2,3)14-11(15)8-4-5-10-9(6-8)7-17-12(10)16;1-12(2,3)15-11(16)8-4-5-9(7-14)10(13)6-8;1-12(2,3)14-11(15)10-6-4-9(8-13)5-7-10;1-11(2,3)13-10(14)8-4-6-9(12)7-5-8;1-11(2,3)12-10(14)8-4-6-9(7-5-8)13(15)16/h6-10H,1-5H3,(H,16,17);5-9,16H,1-4H3,(H,15,17);5-7H,1-4H3,(H,15,16);4-6H,7H2,1-3H3,(H,14,15);4-6H,1-3H3,(H,15,16);4-7H,1-3H3,(H,14,15);4-7H,1-3H3,(H,13,14);4-7H,1-3H3,(H,12,14)/b12-10+;10-9+;;;;;;. The van der Waals surface area contributed by atoms with Gasteiger partial charge in [-0.3, -0.25) is 48.5 Å². The van der Waals surface area contributed by atoms with Gasteiger partial charge in [-0.15, -0.1) is 0 Å². The smallest absolute Gasteiger partial charge is 0.338 e. The summed E-state index contributed by atoms with van der Waals surface area (Å²) in [6.07, 6.45) is 3.70. The van der Waals surface area contributed by atoms with Crippen LogP contribution in [0.2, 0.25) is 0 Å². The number of fused-ring (bicyclic) bond motifs is 1. The van der Waals surface area contributed by atoms with Gasteiger partial charge in [0.05, 0.1) is 39.3 Å². The number of ether oxygens (including phenoxy) is 1. The van der Waals surface area contributed by atoms with Gasteiger partial charge in [0.25, 0.3) is 41.1 Å². The van der Waals surface area contributed by atoms with Gasteiger partial charge in [0.2, 0.25) is 11.8 Å². The molecule has 0 atom stereocenters. The molecule has 0 radical (unpaired) electrons. The number of benzene rings is 8. The number of non-ortho nitro benzene ring substituents is 1. The lowest BCUT2D eigenvalue weighted by Crippen LogP contribution is -2.40. The molecule has 1 heterocycles. The van der Waals surface area contributed by atoms with Crippen LogP contribution in [-0.2, 0) is 20.9 Å². The summed E-state index contributed by atoms with van der Waals surface area (Å²) in [6, 6.07) is 52.1. The number of aromatic hydroxyl groups is 1. The van der Waals surface area contributed by atoms with E-state index in [2.05, 4.69) is 48.6 Å². The lowest BCUT2D eigenvalue weighted by atomic mass is 10.0. The van der Waals surface area contributed by atoms with Gasteiger partial charge < -0.3 is 52.4 Å².